The molecule has 0 aromatic heterocycles. The third-order valence-corrected chi connectivity index (χ3v) is 2.57. The van der Waals surface area contributed by atoms with Crippen LogP contribution in [-0.2, 0) is 6.18 Å². The molecule has 0 aliphatic carbocycles. The summed E-state index contributed by atoms with van der Waals surface area (Å²) in [6.07, 6.45) is -3.79. The van der Waals surface area contributed by atoms with Gasteiger partial charge in [-0.15, -0.1) is 0 Å². The maximum Gasteiger partial charge on any atom is 0.417 e. The Bertz CT molecular complexity index is 414. The minimum atomic E-state index is -4.32. The highest BCUT2D eigenvalue weighted by Gasteiger charge is 2.34. The lowest BCUT2D eigenvalue weighted by Gasteiger charge is -2.17. The summed E-state index contributed by atoms with van der Waals surface area (Å²) in [5, 5.41) is 0. The van der Waals surface area contributed by atoms with Crippen molar-refractivity contribution in [3.05, 3.63) is 41.0 Å². The summed E-state index contributed by atoms with van der Waals surface area (Å²) in [5.74, 6) is 0. The molecule has 0 radical (unpaired) electrons. The molecule has 1 rings (SSSR count). The molecule has 3 heteroatoms. The molecule has 88 valence electrons. The standard InChI is InChI=1S/C13H15F3/c1-5-9(3)12-10(4)6-8(2)7-11(12)13(14,15)16/h6-7H,3,5H2,1-2,4H3. The summed E-state index contributed by atoms with van der Waals surface area (Å²) in [4.78, 5) is 0. The van der Waals surface area contributed by atoms with Crippen LogP contribution < -0.4 is 0 Å². The van der Waals surface area contributed by atoms with Crippen molar-refractivity contribution in [2.24, 2.45) is 0 Å². The van der Waals surface area contributed by atoms with Gasteiger partial charge in [-0.05, 0) is 43.0 Å². The fourth-order valence-electron chi connectivity index (χ4n) is 1.84. The number of hydrogen-bond acceptors (Lipinski definition) is 0. The number of hydrogen-bond donors (Lipinski definition) is 0. The molecule has 0 aliphatic rings. The van der Waals surface area contributed by atoms with E-state index < -0.39 is 11.7 Å². The van der Waals surface area contributed by atoms with Crippen LogP contribution in [0.25, 0.3) is 5.57 Å². The lowest BCUT2D eigenvalue weighted by molar-refractivity contribution is -0.137. The summed E-state index contributed by atoms with van der Waals surface area (Å²) < 4.78 is 38.6. The van der Waals surface area contributed by atoms with Crippen LogP contribution in [0.1, 0.15) is 35.6 Å². The molecule has 0 spiro atoms. The monoisotopic (exact) mass is 228 g/mol. The molecule has 16 heavy (non-hydrogen) atoms. The van der Waals surface area contributed by atoms with E-state index in [2.05, 4.69) is 6.58 Å². The molecule has 0 saturated carbocycles. The first-order valence-corrected chi connectivity index (χ1v) is 5.14. The van der Waals surface area contributed by atoms with Crippen molar-refractivity contribution >= 4 is 5.57 Å². The van der Waals surface area contributed by atoms with Gasteiger partial charge >= 0.3 is 6.18 Å². The summed E-state index contributed by atoms with van der Waals surface area (Å²) in [5.41, 5.74) is 1.47. The lowest BCUT2D eigenvalue weighted by Crippen LogP contribution is -2.10. The summed E-state index contributed by atoms with van der Waals surface area (Å²) >= 11 is 0. The Morgan fingerprint density at radius 1 is 1.25 bits per heavy atom. The Hall–Kier alpha value is -1.25. The molecule has 0 atom stereocenters. The number of alkyl halides is 3. The van der Waals surface area contributed by atoms with Crippen molar-refractivity contribution in [1.29, 1.82) is 0 Å². The van der Waals surface area contributed by atoms with Crippen molar-refractivity contribution < 1.29 is 13.2 Å². The molecule has 0 N–H and O–H groups in total. The van der Waals surface area contributed by atoms with Gasteiger partial charge < -0.3 is 0 Å². The highest BCUT2D eigenvalue weighted by molar-refractivity contribution is 5.70. The third-order valence-electron chi connectivity index (χ3n) is 2.57. The molecule has 0 amide bonds. The van der Waals surface area contributed by atoms with Gasteiger partial charge in [0.1, 0.15) is 0 Å². The zero-order chi connectivity index (χ0) is 12.5. The Kier molecular flexibility index (Phi) is 3.46. The largest absolute Gasteiger partial charge is 0.417 e. The highest BCUT2D eigenvalue weighted by atomic mass is 19.4. The van der Waals surface area contributed by atoms with Crippen LogP contribution >= 0.6 is 0 Å². The molecular weight excluding hydrogens is 213 g/mol. The van der Waals surface area contributed by atoms with Crippen molar-refractivity contribution in [2.75, 3.05) is 0 Å². The molecule has 1 aromatic rings. The van der Waals surface area contributed by atoms with E-state index in [1.165, 1.54) is 6.07 Å². The molecule has 1 aromatic carbocycles. The van der Waals surface area contributed by atoms with Crippen LogP contribution in [0.4, 0.5) is 13.2 Å². The summed E-state index contributed by atoms with van der Waals surface area (Å²) in [6.45, 7) is 8.88. The SMILES string of the molecule is C=C(CC)c1c(C)cc(C)cc1C(F)(F)F. The second-order valence-electron chi connectivity index (χ2n) is 3.96. The van der Waals surface area contributed by atoms with E-state index in [1.807, 2.05) is 6.92 Å². The molecule has 0 nitrogen and oxygen atoms in total. The second kappa shape index (κ2) is 4.32. The fraction of sp³-hybridized carbons (Fsp3) is 0.385. The average Bonchev–Trinajstić information content (AvgIpc) is 2.14. The summed E-state index contributed by atoms with van der Waals surface area (Å²) in [7, 11) is 0. The van der Waals surface area contributed by atoms with Crippen LogP contribution in [0.15, 0.2) is 18.7 Å². The van der Waals surface area contributed by atoms with Crippen LogP contribution in [0.3, 0.4) is 0 Å². The van der Waals surface area contributed by atoms with Crippen molar-refractivity contribution in [3.8, 4) is 0 Å². The van der Waals surface area contributed by atoms with Crippen LogP contribution in [0.2, 0.25) is 0 Å². The molecule has 0 saturated heterocycles. The number of benzene rings is 1. The van der Waals surface area contributed by atoms with E-state index in [-0.39, 0.29) is 5.56 Å². The van der Waals surface area contributed by atoms with E-state index in [0.717, 1.165) is 0 Å². The fourth-order valence-corrected chi connectivity index (χ4v) is 1.84. The third kappa shape index (κ3) is 2.46. The molecule has 0 unspecified atom stereocenters. The Morgan fingerprint density at radius 3 is 2.25 bits per heavy atom. The topological polar surface area (TPSA) is 0 Å². The first-order valence-electron chi connectivity index (χ1n) is 5.14. The van der Waals surface area contributed by atoms with E-state index >= 15 is 0 Å². The van der Waals surface area contributed by atoms with Gasteiger partial charge in [0, 0.05) is 0 Å². The van der Waals surface area contributed by atoms with Gasteiger partial charge in [-0.25, -0.2) is 0 Å². The van der Waals surface area contributed by atoms with Gasteiger partial charge in [0.25, 0.3) is 0 Å². The predicted octanol–water partition coefficient (Wildman–Crippen LogP) is 4.75. The molecule has 0 bridgehead atoms. The van der Waals surface area contributed by atoms with E-state index in [4.69, 9.17) is 0 Å². The van der Waals surface area contributed by atoms with Crippen LogP contribution in [-0.4, -0.2) is 0 Å². The maximum atomic E-state index is 12.9. The van der Waals surface area contributed by atoms with E-state index in [9.17, 15) is 13.2 Å². The normalized spacial score (nSPS) is 11.6. The van der Waals surface area contributed by atoms with Crippen LogP contribution in [0, 0.1) is 13.8 Å². The van der Waals surface area contributed by atoms with Crippen molar-refractivity contribution in [1.82, 2.24) is 0 Å². The number of halogens is 3. The minimum absolute atomic E-state index is 0.251. The number of rotatable bonds is 2. The first-order chi connectivity index (χ1) is 7.27. The van der Waals surface area contributed by atoms with E-state index in [0.29, 0.717) is 23.1 Å². The smallest absolute Gasteiger partial charge is 0.166 e. The quantitative estimate of drug-likeness (QED) is 0.685. The predicted molar refractivity (Wildman–Crippen MR) is 60.2 cm³/mol. The molecule has 0 heterocycles. The molecule has 0 aliphatic heterocycles. The lowest BCUT2D eigenvalue weighted by atomic mass is 9.92. The van der Waals surface area contributed by atoms with Crippen molar-refractivity contribution in [2.45, 2.75) is 33.4 Å². The van der Waals surface area contributed by atoms with Gasteiger partial charge in [-0.1, -0.05) is 25.1 Å². The van der Waals surface area contributed by atoms with Crippen LogP contribution in [0.5, 0.6) is 0 Å². The highest BCUT2D eigenvalue weighted by Crippen LogP contribution is 2.37. The summed E-state index contributed by atoms with van der Waals surface area (Å²) in [6, 6.07) is 2.94. The zero-order valence-electron chi connectivity index (χ0n) is 9.70. The maximum absolute atomic E-state index is 12.9. The Morgan fingerprint density at radius 2 is 1.81 bits per heavy atom. The van der Waals surface area contributed by atoms with Gasteiger partial charge in [-0.2, -0.15) is 13.2 Å². The minimum Gasteiger partial charge on any atom is -0.166 e. The van der Waals surface area contributed by atoms with Gasteiger partial charge in [0.15, 0.2) is 0 Å². The second-order valence-corrected chi connectivity index (χ2v) is 3.96. The number of aryl methyl sites for hydroxylation is 2. The Labute approximate surface area is 93.8 Å². The van der Waals surface area contributed by atoms with Crippen molar-refractivity contribution in [3.63, 3.8) is 0 Å². The first kappa shape index (κ1) is 12.8. The van der Waals surface area contributed by atoms with Gasteiger partial charge in [0.2, 0.25) is 0 Å². The number of allylic oxidation sites excluding steroid dienone is 1. The van der Waals surface area contributed by atoms with Gasteiger partial charge in [0.05, 0.1) is 5.56 Å². The molecular formula is C13H15F3. The molecule has 0 fully saturated rings. The van der Waals surface area contributed by atoms with E-state index in [1.54, 1.807) is 19.9 Å². The van der Waals surface area contributed by atoms with Gasteiger partial charge in [-0.3, -0.25) is 0 Å². The average molecular weight is 228 g/mol. The zero-order valence-corrected chi connectivity index (χ0v) is 9.70. The Balaban J connectivity index is 3.51.